The van der Waals surface area contributed by atoms with E-state index in [1.807, 2.05) is 24.3 Å². The van der Waals surface area contributed by atoms with Gasteiger partial charge in [-0.15, -0.1) is 11.8 Å². The van der Waals surface area contributed by atoms with Gasteiger partial charge in [-0.05, 0) is 17.7 Å². The van der Waals surface area contributed by atoms with Crippen LogP contribution in [0, 0.1) is 0 Å². The number of thioether (sulfide) groups is 1. The fourth-order valence-corrected chi connectivity index (χ4v) is 3.38. The number of aromatic amines is 1. The van der Waals surface area contributed by atoms with Crippen LogP contribution in [0.5, 0.6) is 5.75 Å². The predicted octanol–water partition coefficient (Wildman–Crippen LogP) is 1.14. The summed E-state index contributed by atoms with van der Waals surface area (Å²) < 4.78 is 6.64. The molecular formula is C17H16N4O5S. The van der Waals surface area contributed by atoms with E-state index < -0.39 is 23.9 Å². The number of rotatable bonds is 7. The zero-order valence-corrected chi connectivity index (χ0v) is 15.1. The Morgan fingerprint density at radius 1 is 1.33 bits per heavy atom. The van der Waals surface area contributed by atoms with Gasteiger partial charge in [0.2, 0.25) is 0 Å². The summed E-state index contributed by atoms with van der Waals surface area (Å²) in [5, 5.41) is 14.3. The van der Waals surface area contributed by atoms with Gasteiger partial charge in [-0.1, -0.05) is 12.1 Å². The van der Waals surface area contributed by atoms with Gasteiger partial charge in [0.25, 0.3) is 5.91 Å². The molecule has 9 nitrogen and oxygen atoms in total. The van der Waals surface area contributed by atoms with E-state index in [0.29, 0.717) is 10.8 Å². The molecule has 0 aliphatic rings. The number of pyridine rings is 1. The number of nitrogens with zero attached hydrogens (tertiary/aromatic N) is 2. The van der Waals surface area contributed by atoms with E-state index in [2.05, 4.69) is 15.4 Å². The van der Waals surface area contributed by atoms with E-state index in [-0.39, 0.29) is 11.2 Å². The van der Waals surface area contributed by atoms with Crippen molar-refractivity contribution in [3.05, 3.63) is 58.0 Å². The molecule has 0 aliphatic carbocycles. The topological polar surface area (TPSA) is 126 Å². The number of carboxylic acids is 1. The van der Waals surface area contributed by atoms with Crippen molar-refractivity contribution in [2.75, 3.05) is 13.7 Å². The Hall–Kier alpha value is -3.27. The Kier molecular flexibility index (Phi) is 5.46. The number of aromatic nitrogens is 3. The number of nitrogens with one attached hydrogen (secondary N) is 2. The van der Waals surface area contributed by atoms with Crippen LogP contribution in [0.4, 0.5) is 0 Å². The largest absolute Gasteiger partial charge is 0.497 e. The first-order chi connectivity index (χ1) is 13.0. The van der Waals surface area contributed by atoms with Crippen LogP contribution in [0.3, 0.4) is 0 Å². The van der Waals surface area contributed by atoms with Crippen molar-refractivity contribution in [3.63, 3.8) is 0 Å². The third-order valence-corrected chi connectivity index (χ3v) is 4.78. The Morgan fingerprint density at radius 3 is 2.74 bits per heavy atom. The number of methoxy groups -OCH3 is 1. The highest BCUT2D eigenvalue weighted by atomic mass is 32.2. The highest BCUT2D eigenvalue weighted by molar-refractivity contribution is 7.98. The maximum Gasteiger partial charge on any atom is 0.322 e. The van der Waals surface area contributed by atoms with Gasteiger partial charge in [0.15, 0.2) is 11.1 Å². The number of carboxylic acid groups (broad SMARTS) is 1. The molecule has 2 aromatic heterocycles. The van der Waals surface area contributed by atoms with Crippen molar-refractivity contribution >= 4 is 29.3 Å². The second kappa shape index (κ2) is 7.96. The molecule has 0 atom stereocenters. The fraction of sp³-hybridized carbons (Fsp3) is 0.176. The second-order valence-electron chi connectivity index (χ2n) is 5.48. The number of carbonyl (C=O) groups is 2. The lowest BCUT2D eigenvalue weighted by Crippen LogP contribution is -2.33. The van der Waals surface area contributed by atoms with Gasteiger partial charge in [-0.25, -0.2) is 9.50 Å². The molecule has 10 heteroatoms. The zero-order chi connectivity index (χ0) is 19.4. The molecule has 3 N–H and O–H groups in total. The summed E-state index contributed by atoms with van der Waals surface area (Å²) in [6.07, 6.45) is 1.36. The monoisotopic (exact) mass is 388 g/mol. The van der Waals surface area contributed by atoms with E-state index >= 15 is 0 Å². The molecule has 27 heavy (non-hydrogen) atoms. The Labute approximate surface area is 157 Å². The van der Waals surface area contributed by atoms with Crippen LogP contribution in [0.2, 0.25) is 0 Å². The maximum absolute atomic E-state index is 12.4. The maximum atomic E-state index is 12.4. The summed E-state index contributed by atoms with van der Waals surface area (Å²) >= 11 is 1.40. The first-order valence-electron chi connectivity index (χ1n) is 7.84. The molecule has 0 bridgehead atoms. The number of carbonyl (C=O) groups excluding carboxylic acids is 1. The van der Waals surface area contributed by atoms with Gasteiger partial charge in [0.1, 0.15) is 29.2 Å². The Morgan fingerprint density at radius 2 is 2.07 bits per heavy atom. The summed E-state index contributed by atoms with van der Waals surface area (Å²) in [5.41, 5.74) is 0.445. The van der Waals surface area contributed by atoms with Crippen molar-refractivity contribution in [1.29, 1.82) is 0 Å². The van der Waals surface area contributed by atoms with E-state index in [4.69, 9.17) is 9.84 Å². The van der Waals surface area contributed by atoms with Crippen LogP contribution >= 0.6 is 11.8 Å². The molecular weight excluding hydrogens is 372 g/mol. The number of fused-ring (bicyclic) bond motifs is 1. The number of amides is 1. The third-order valence-electron chi connectivity index (χ3n) is 3.70. The van der Waals surface area contributed by atoms with Crippen molar-refractivity contribution in [2.24, 2.45) is 0 Å². The van der Waals surface area contributed by atoms with Crippen LogP contribution in [0.25, 0.3) is 5.65 Å². The van der Waals surface area contributed by atoms with Gasteiger partial charge in [0, 0.05) is 11.8 Å². The minimum Gasteiger partial charge on any atom is -0.497 e. The molecule has 3 aromatic rings. The molecule has 0 fully saturated rings. The van der Waals surface area contributed by atoms with Gasteiger partial charge in [-0.2, -0.15) is 0 Å². The van der Waals surface area contributed by atoms with Crippen molar-refractivity contribution in [1.82, 2.24) is 19.9 Å². The highest BCUT2D eigenvalue weighted by Gasteiger charge is 2.19. The van der Waals surface area contributed by atoms with Gasteiger partial charge in [-0.3, -0.25) is 19.5 Å². The zero-order valence-electron chi connectivity index (χ0n) is 14.3. The summed E-state index contributed by atoms with van der Waals surface area (Å²) in [6, 6.07) is 8.88. The fourth-order valence-electron chi connectivity index (χ4n) is 2.41. The molecule has 140 valence electrons. The molecule has 0 saturated carbocycles. The SMILES string of the molecule is COc1ccc(CSc2cc(=O)c(C(=O)NCC(=O)O)c3nc[nH]n23)cc1. The second-order valence-corrected chi connectivity index (χ2v) is 6.48. The first kappa shape index (κ1) is 18.5. The number of H-pyrrole nitrogens is 1. The average Bonchev–Trinajstić information content (AvgIpc) is 3.14. The highest BCUT2D eigenvalue weighted by Crippen LogP contribution is 2.24. The minimum atomic E-state index is -1.20. The molecule has 0 spiro atoms. The standard InChI is InChI=1S/C17H16N4O5S/c1-26-11-4-2-10(3-5-11)8-27-13-6-12(22)15(16-19-9-20-21(13)16)17(25)18-7-14(23)24/h2-6,9H,7-8H2,1H3,(H,18,25)(H,19,20)(H,23,24). The molecule has 0 saturated heterocycles. The van der Waals surface area contributed by atoms with Gasteiger partial charge < -0.3 is 15.2 Å². The van der Waals surface area contributed by atoms with Crippen LogP contribution in [-0.4, -0.2) is 45.2 Å². The minimum absolute atomic E-state index is 0.141. The molecule has 1 amide bonds. The van der Waals surface area contributed by atoms with E-state index in [0.717, 1.165) is 11.3 Å². The summed E-state index contributed by atoms with van der Waals surface area (Å²) in [7, 11) is 1.60. The van der Waals surface area contributed by atoms with Crippen molar-refractivity contribution < 1.29 is 19.4 Å². The number of hydrogen-bond acceptors (Lipinski definition) is 6. The van der Waals surface area contributed by atoms with Gasteiger partial charge >= 0.3 is 5.97 Å². The molecule has 3 rings (SSSR count). The Bertz CT molecular complexity index is 1040. The third kappa shape index (κ3) is 4.11. The van der Waals surface area contributed by atoms with E-state index in [1.165, 1.54) is 28.7 Å². The van der Waals surface area contributed by atoms with Gasteiger partial charge in [0.05, 0.1) is 7.11 Å². The molecule has 0 radical (unpaired) electrons. The lowest BCUT2D eigenvalue weighted by Gasteiger charge is -2.08. The Balaban J connectivity index is 1.86. The van der Waals surface area contributed by atoms with Crippen LogP contribution in [-0.2, 0) is 10.5 Å². The summed E-state index contributed by atoms with van der Waals surface area (Å²) in [4.78, 5) is 39.3. The number of aliphatic carboxylic acids is 1. The smallest absolute Gasteiger partial charge is 0.322 e. The van der Waals surface area contributed by atoms with Crippen LogP contribution < -0.4 is 15.5 Å². The first-order valence-corrected chi connectivity index (χ1v) is 8.83. The van der Waals surface area contributed by atoms with Crippen LogP contribution in [0.15, 0.2) is 46.5 Å². The average molecular weight is 388 g/mol. The molecule has 1 aromatic carbocycles. The van der Waals surface area contributed by atoms with E-state index in [9.17, 15) is 14.4 Å². The molecule has 2 heterocycles. The van der Waals surface area contributed by atoms with E-state index in [1.54, 1.807) is 7.11 Å². The lowest BCUT2D eigenvalue weighted by atomic mass is 10.2. The molecule has 0 unspecified atom stereocenters. The van der Waals surface area contributed by atoms with Crippen molar-refractivity contribution in [3.8, 4) is 5.75 Å². The number of hydrogen-bond donors (Lipinski definition) is 3. The summed E-state index contributed by atoms with van der Waals surface area (Å²) in [5.74, 6) is -0.630. The number of ether oxygens (including phenoxy) is 1. The summed E-state index contributed by atoms with van der Waals surface area (Å²) in [6.45, 7) is -0.581. The predicted molar refractivity (Wildman–Crippen MR) is 98.3 cm³/mol. The normalized spacial score (nSPS) is 10.7. The van der Waals surface area contributed by atoms with Crippen molar-refractivity contribution in [2.45, 2.75) is 10.8 Å². The molecule has 0 aliphatic heterocycles. The number of benzene rings is 1. The quantitative estimate of drug-likeness (QED) is 0.518. The lowest BCUT2D eigenvalue weighted by molar-refractivity contribution is -0.135. The van der Waals surface area contributed by atoms with Crippen LogP contribution in [0.1, 0.15) is 15.9 Å².